The van der Waals surface area contributed by atoms with Crippen LogP contribution in [0.2, 0.25) is 0 Å². The number of ether oxygens (including phenoxy) is 2. The number of hydrogen-bond acceptors (Lipinski definition) is 6. The van der Waals surface area contributed by atoms with Crippen LogP contribution >= 0.6 is 0 Å². The predicted molar refractivity (Wildman–Crippen MR) is 110 cm³/mol. The van der Waals surface area contributed by atoms with Crippen molar-refractivity contribution < 1.29 is 19.1 Å². The molecule has 0 radical (unpaired) electrons. The van der Waals surface area contributed by atoms with Gasteiger partial charge >= 0.3 is 5.97 Å². The number of aromatic amines is 1. The molecular weight excluding hydrogens is 382 g/mol. The molecular formula is C23H19N3O4. The number of ketones is 1. The van der Waals surface area contributed by atoms with Crippen LogP contribution in [0.3, 0.4) is 0 Å². The molecule has 1 atom stereocenters. The zero-order valence-electron chi connectivity index (χ0n) is 16.3. The Kier molecular flexibility index (Phi) is 4.44. The first-order valence-electron chi connectivity index (χ1n) is 9.76. The summed E-state index contributed by atoms with van der Waals surface area (Å²) in [6, 6.07) is 11.2. The summed E-state index contributed by atoms with van der Waals surface area (Å²) in [4.78, 5) is 33.1. The molecule has 0 amide bonds. The Balaban J connectivity index is 1.57. The number of nitrogens with one attached hydrogen (secondary N) is 2. The van der Waals surface area contributed by atoms with E-state index in [9.17, 15) is 9.59 Å². The second kappa shape index (κ2) is 7.27. The van der Waals surface area contributed by atoms with Gasteiger partial charge in [0.05, 0.1) is 12.6 Å². The molecule has 30 heavy (non-hydrogen) atoms. The van der Waals surface area contributed by atoms with Crippen LogP contribution in [-0.2, 0) is 25.6 Å². The molecule has 2 aliphatic heterocycles. The maximum Gasteiger partial charge on any atom is 0.345 e. The number of rotatable bonds is 4. The van der Waals surface area contributed by atoms with Crippen molar-refractivity contribution in [1.82, 2.24) is 15.3 Å². The van der Waals surface area contributed by atoms with Gasteiger partial charge in [-0.1, -0.05) is 24.3 Å². The molecule has 1 unspecified atom stereocenters. The van der Waals surface area contributed by atoms with E-state index >= 15 is 0 Å². The second-order valence-corrected chi connectivity index (χ2v) is 7.06. The summed E-state index contributed by atoms with van der Waals surface area (Å²) >= 11 is 0. The van der Waals surface area contributed by atoms with Gasteiger partial charge in [-0.25, -0.2) is 9.78 Å². The lowest BCUT2D eigenvalue weighted by molar-refractivity contribution is -0.139. The van der Waals surface area contributed by atoms with E-state index in [1.165, 1.54) is 0 Å². The van der Waals surface area contributed by atoms with Crippen LogP contribution < -0.4 is 5.32 Å². The van der Waals surface area contributed by atoms with Gasteiger partial charge in [-0.3, -0.25) is 10.1 Å². The molecule has 7 nitrogen and oxygen atoms in total. The van der Waals surface area contributed by atoms with Crippen LogP contribution in [0, 0.1) is 0 Å². The number of hydrogen-bond donors (Lipinski definition) is 2. The molecule has 0 spiro atoms. The lowest BCUT2D eigenvalue weighted by Gasteiger charge is -2.14. The Morgan fingerprint density at radius 2 is 2.17 bits per heavy atom. The highest BCUT2D eigenvalue weighted by Gasteiger charge is 2.42. The second-order valence-electron chi connectivity index (χ2n) is 7.06. The molecule has 0 aliphatic carbocycles. The van der Waals surface area contributed by atoms with Gasteiger partial charge in [0, 0.05) is 29.9 Å². The van der Waals surface area contributed by atoms with E-state index < -0.39 is 11.8 Å². The van der Waals surface area contributed by atoms with E-state index in [2.05, 4.69) is 15.3 Å². The van der Waals surface area contributed by atoms with Gasteiger partial charge in [0.25, 0.3) is 0 Å². The molecule has 0 saturated carbocycles. The standard InChI is InChI=1S/C23H19N3O4/c1-2-29-23(28)18-20(27)17(10-14-12-26-22-16(14)8-5-9-24-22)30-21(18)19-15-7-4-3-6-13(15)11-25-19/h3-10,12,19,25H,2,11H2,1H3,(H,24,26). The van der Waals surface area contributed by atoms with Crippen molar-refractivity contribution >= 4 is 28.9 Å². The Hall–Kier alpha value is -3.71. The molecule has 0 fully saturated rings. The number of Topliss-reactive ketones (excluding diaryl/α,β-unsaturated/α-hetero) is 1. The van der Waals surface area contributed by atoms with Crippen molar-refractivity contribution in [2.45, 2.75) is 19.5 Å². The van der Waals surface area contributed by atoms with E-state index in [4.69, 9.17) is 9.47 Å². The van der Waals surface area contributed by atoms with E-state index in [0.29, 0.717) is 12.2 Å². The Bertz CT molecular complexity index is 1240. The molecule has 0 bridgehead atoms. The fourth-order valence-corrected chi connectivity index (χ4v) is 3.92. The van der Waals surface area contributed by atoms with Crippen molar-refractivity contribution in [3.05, 3.63) is 82.6 Å². The number of aromatic nitrogens is 2. The van der Waals surface area contributed by atoms with Crippen molar-refractivity contribution in [3.8, 4) is 0 Å². The topological polar surface area (TPSA) is 93.3 Å². The minimum Gasteiger partial charge on any atom is -0.462 e. The van der Waals surface area contributed by atoms with E-state index in [1.807, 2.05) is 36.4 Å². The smallest absolute Gasteiger partial charge is 0.345 e. The Morgan fingerprint density at radius 1 is 1.30 bits per heavy atom. The number of pyridine rings is 1. The fraction of sp³-hybridized carbons (Fsp3) is 0.174. The molecule has 2 N–H and O–H groups in total. The molecule has 7 heteroatoms. The highest BCUT2D eigenvalue weighted by atomic mass is 16.5. The third kappa shape index (κ3) is 2.91. The maximum absolute atomic E-state index is 13.2. The number of H-pyrrole nitrogens is 1. The lowest BCUT2D eigenvalue weighted by Crippen LogP contribution is -2.19. The Morgan fingerprint density at radius 3 is 3.03 bits per heavy atom. The monoisotopic (exact) mass is 401 g/mol. The van der Waals surface area contributed by atoms with Crippen molar-refractivity contribution in [3.63, 3.8) is 0 Å². The van der Waals surface area contributed by atoms with E-state index in [0.717, 1.165) is 22.1 Å². The molecule has 3 aromatic rings. The molecule has 1 aromatic carbocycles. The number of esters is 1. The van der Waals surface area contributed by atoms with Crippen molar-refractivity contribution in [2.24, 2.45) is 0 Å². The highest BCUT2D eigenvalue weighted by Crippen LogP contribution is 2.39. The summed E-state index contributed by atoms with van der Waals surface area (Å²) < 4.78 is 11.2. The van der Waals surface area contributed by atoms with Crippen LogP contribution in [0.25, 0.3) is 17.1 Å². The van der Waals surface area contributed by atoms with Crippen molar-refractivity contribution in [1.29, 1.82) is 0 Å². The molecule has 4 heterocycles. The van der Waals surface area contributed by atoms with Crippen LogP contribution in [0.1, 0.15) is 29.7 Å². The average molecular weight is 401 g/mol. The van der Waals surface area contributed by atoms with Crippen LogP contribution in [-0.4, -0.2) is 28.3 Å². The first kappa shape index (κ1) is 18.3. The predicted octanol–water partition coefficient (Wildman–Crippen LogP) is 3.16. The molecule has 2 aromatic heterocycles. The van der Waals surface area contributed by atoms with Gasteiger partial charge in [0.1, 0.15) is 11.4 Å². The number of nitrogens with zero attached hydrogens (tertiary/aromatic N) is 1. The zero-order chi connectivity index (χ0) is 20.7. The summed E-state index contributed by atoms with van der Waals surface area (Å²) in [5.74, 6) is -0.780. The van der Waals surface area contributed by atoms with Crippen LogP contribution in [0.5, 0.6) is 0 Å². The number of benzene rings is 1. The van der Waals surface area contributed by atoms with Gasteiger partial charge in [-0.05, 0) is 36.3 Å². The average Bonchev–Trinajstić information content (AvgIpc) is 3.45. The van der Waals surface area contributed by atoms with Crippen LogP contribution in [0.15, 0.2) is 65.9 Å². The third-order valence-corrected chi connectivity index (χ3v) is 5.29. The first-order chi connectivity index (χ1) is 14.7. The number of carbonyl (C=O) groups excluding carboxylic acids is 2. The summed E-state index contributed by atoms with van der Waals surface area (Å²) in [5.41, 5.74) is 3.50. The largest absolute Gasteiger partial charge is 0.462 e. The van der Waals surface area contributed by atoms with Crippen molar-refractivity contribution in [2.75, 3.05) is 6.61 Å². The summed E-state index contributed by atoms with van der Waals surface area (Å²) in [7, 11) is 0. The highest BCUT2D eigenvalue weighted by molar-refractivity contribution is 6.26. The quantitative estimate of drug-likeness (QED) is 0.396. The van der Waals surface area contributed by atoms with Gasteiger partial charge in [0.2, 0.25) is 5.78 Å². The third-order valence-electron chi connectivity index (χ3n) is 5.29. The van der Waals surface area contributed by atoms with E-state index in [-0.39, 0.29) is 29.7 Å². The van der Waals surface area contributed by atoms with E-state index in [1.54, 1.807) is 25.4 Å². The number of allylic oxidation sites excluding steroid dienone is 1. The van der Waals surface area contributed by atoms with Gasteiger partial charge in [-0.15, -0.1) is 0 Å². The maximum atomic E-state index is 13.2. The minimum absolute atomic E-state index is 0.0599. The zero-order valence-corrected chi connectivity index (χ0v) is 16.3. The fourth-order valence-electron chi connectivity index (χ4n) is 3.92. The van der Waals surface area contributed by atoms with Gasteiger partial charge in [0.15, 0.2) is 11.3 Å². The molecule has 2 aliphatic rings. The molecule has 0 saturated heterocycles. The van der Waals surface area contributed by atoms with Gasteiger partial charge < -0.3 is 14.5 Å². The van der Waals surface area contributed by atoms with Gasteiger partial charge in [-0.2, -0.15) is 0 Å². The summed E-state index contributed by atoms with van der Waals surface area (Å²) in [6.07, 6.45) is 5.08. The lowest BCUT2D eigenvalue weighted by atomic mass is 10.00. The molecule has 5 rings (SSSR count). The molecule has 150 valence electrons. The first-order valence-corrected chi connectivity index (χ1v) is 9.76. The Labute approximate surface area is 172 Å². The summed E-state index contributed by atoms with van der Waals surface area (Å²) in [5, 5.41) is 4.19. The van der Waals surface area contributed by atoms with Crippen LogP contribution in [0.4, 0.5) is 0 Å². The minimum atomic E-state index is -0.673. The summed E-state index contributed by atoms with van der Waals surface area (Å²) in [6.45, 7) is 2.51. The SMILES string of the molecule is CCOC(=O)C1=C(C2NCc3ccccc32)OC(=Cc2c[nH]c3ncccc23)C1=O. The number of carbonyl (C=O) groups is 2. The normalized spacial score (nSPS) is 19.4. The number of fused-ring (bicyclic) bond motifs is 2.